The van der Waals surface area contributed by atoms with Gasteiger partial charge in [-0.05, 0) is 44.6 Å². The third kappa shape index (κ3) is 4.54. The fourth-order valence-electron chi connectivity index (χ4n) is 2.42. The van der Waals surface area contributed by atoms with Crippen molar-refractivity contribution < 1.29 is 8.42 Å². The first-order valence-electron chi connectivity index (χ1n) is 6.56. The monoisotopic (exact) mass is 317 g/mol. The molecule has 7 heteroatoms. The van der Waals surface area contributed by atoms with Gasteiger partial charge in [0, 0.05) is 12.6 Å². The molecule has 112 valence electrons. The van der Waals surface area contributed by atoms with Crippen LogP contribution in [0.25, 0.3) is 0 Å². The number of rotatable bonds is 4. The lowest BCUT2D eigenvalue weighted by Gasteiger charge is -2.31. The summed E-state index contributed by atoms with van der Waals surface area (Å²) in [5, 5.41) is 3.99. The van der Waals surface area contributed by atoms with Gasteiger partial charge in [0.1, 0.15) is 0 Å². The van der Waals surface area contributed by atoms with Crippen LogP contribution >= 0.6 is 11.6 Å². The van der Waals surface area contributed by atoms with Crippen LogP contribution < -0.4 is 10.0 Å². The molecule has 0 amide bonds. The minimum Gasteiger partial charge on any atom is -0.380 e. The Hall–Kier alpha value is -0.980. The van der Waals surface area contributed by atoms with Crippen LogP contribution in [-0.4, -0.2) is 45.8 Å². The zero-order chi connectivity index (χ0) is 14.8. The molecule has 0 spiro atoms. The number of halogens is 1. The van der Waals surface area contributed by atoms with Crippen LogP contribution in [0.5, 0.6) is 0 Å². The minimum atomic E-state index is -3.28. The molecule has 2 N–H and O–H groups in total. The van der Waals surface area contributed by atoms with E-state index in [0.717, 1.165) is 37.9 Å². The summed E-state index contributed by atoms with van der Waals surface area (Å²) in [5.74, 6) is 0. The summed E-state index contributed by atoms with van der Waals surface area (Å²) in [5.41, 5.74) is 1.28. The van der Waals surface area contributed by atoms with E-state index >= 15 is 0 Å². The zero-order valence-electron chi connectivity index (χ0n) is 11.7. The Balaban J connectivity index is 2.12. The van der Waals surface area contributed by atoms with Crippen molar-refractivity contribution in [2.24, 2.45) is 0 Å². The Bertz CT molecular complexity index is 577. The second-order valence-corrected chi connectivity index (χ2v) is 7.47. The van der Waals surface area contributed by atoms with Crippen molar-refractivity contribution >= 4 is 33.0 Å². The average molecular weight is 318 g/mol. The molecule has 0 saturated carbocycles. The van der Waals surface area contributed by atoms with Crippen molar-refractivity contribution in [3.05, 3.63) is 23.2 Å². The van der Waals surface area contributed by atoms with Gasteiger partial charge < -0.3 is 10.2 Å². The molecule has 0 aliphatic carbocycles. The molecule has 1 atom stereocenters. The average Bonchev–Trinajstić information content (AvgIpc) is 2.32. The number of nitrogens with one attached hydrogen (secondary N) is 2. The third-order valence-corrected chi connectivity index (χ3v) is 4.19. The SMILES string of the molecule is CN1CCCC(Nc2cc(NS(C)(=O)=O)ccc2Cl)C1. The Kier molecular flexibility index (Phi) is 4.78. The molecule has 2 rings (SSSR count). The second-order valence-electron chi connectivity index (χ2n) is 5.31. The Labute approximate surface area is 125 Å². The van der Waals surface area contributed by atoms with Gasteiger partial charge in [-0.25, -0.2) is 8.42 Å². The fourth-order valence-corrected chi connectivity index (χ4v) is 3.14. The van der Waals surface area contributed by atoms with Crippen molar-refractivity contribution in [1.29, 1.82) is 0 Å². The highest BCUT2D eigenvalue weighted by Crippen LogP contribution is 2.27. The van der Waals surface area contributed by atoms with Gasteiger partial charge in [0.05, 0.1) is 22.7 Å². The highest BCUT2D eigenvalue weighted by Gasteiger charge is 2.18. The van der Waals surface area contributed by atoms with Crippen LogP contribution in [0.2, 0.25) is 5.02 Å². The molecular formula is C13H20ClN3O2S. The van der Waals surface area contributed by atoms with Crippen LogP contribution in [0.1, 0.15) is 12.8 Å². The van der Waals surface area contributed by atoms with Crippen LogP contribution in [0.15, 0.2) is 18.2 Å². The molecule has 1 heterocycles. The molecule has 0 radical (unpaired) electrons. The third-order valence-electron chi connectivity index (χ3n) is 3.25. The van der Waals surface area contributed by atoms with E-state index in [1.165, 1.54) is 0 Å². The maximum absolute atomic E-state index is 11.3. The molecular weight excluding hydrogens is 298 g/mol. The molecule has 1 aliphatic rings. The number of hydrogen-bond acceptors (Lipinski definition) is 4. The normalized spacial score (nSPS) is 20.6. The van der Waals surface area contributed by atoms with Gasteiger partial charge in [0.2, 0.25) is 10.0 Å². The number of benzene rings is 1. The predicted octanol–water partition coefficient (Wildman–Crippen LogP) is 2.22. The smallest absolute Gasteiger partial charge is 0.229 e. The number of sulfonamides is 1. The molecule has 1 aliphatic heterocycles. The van der Waals surface area contributed by atoms with Gasteiger partial charge in [-0.15, -0.1) is 0 Å². The van der Waals surface area contributed by atoms with Crippen molar-refractivity contribution in [2.45, 2.75) is 18.9 Å². The first kappa shape index (κ1) is 15.4. The topological polar surface area (TPSA) is 61.4 Å². The Morgan fingerprint density at radius 1 is 1.40 bits per heavy atom. The molecule has 0 bridgehead atoms. The van der Waals surface area contributed by atoms with Crippen molar-refractivity contribution in [3.8, 4) is 0 Å². The second kappa shape index (κ2) is 6.20. The van der Waals surface area contributed by atoms with Crippen LogP contribution in [-0.2, 0) is 10.0 Å². The molecule has 1 aromatic carbocycles. The fraction of sp³-hybridized carbons (Fsp3) is 0.538. The number of piperidine rings is 1. The van der Waals surface area contributed by atoms with E-state index in [1.807, 2.05) is 0 Å². The van der Waals surface area contributed by atoms with Crippen molar-refractivity contribution in [2.75, 3.05) is 36.4 Å². The summed E-state index contributed by atoms with van der Waals surface area (Å²) >= 11 is 6.17. The standard InChI is InChI=1S/C13H20ClN3O2S/c1-17-7-3-4-11(9-17)15-13-8-10(5-6-12(13)14)16-20(2,18)19/h5-6,8,11,15-16H,3-4,7,9H2,1-2H3. The molecule has 5 nitrogen and oxygen atoms in total. The van der Waals surface area contributed by atoms with Gasteiger partial charge in [-0.1, -0.05) is 11.6 Å². The number of hydrogen-bond donors (Lipinski definition) is 2. The lowest BCUT2D eigenvalue weighted by atomic mass is 10.1. The van der Waals surface area contributed by atoms with Gasteiger partial charge in [-0.2, -0.15) is 0 Å². The molecule has 0 aromatic heterocycles. The van der Waals surface area contributed by atoms with E-state index < -0.39 is 10.0 Å². The van der Waals surface area contributed by atoms with Gasteiger partial charge in [0.15, 0.2) is 0 Å². The molecule has 1 aromatic rings. The summed E-state index contributed by atoms with van der Waals surface area (Å²) in [6.45, 7) is 2.07. The highest BCUT2D eigenvalue weighted by atomic mass is 35.5. The predicted molar refractivity (Wildman–Crippen MR) is 84.1 cm³/mol. The highest BCUT2D eigenvalue weighted by molar-refractivity contribution is 7.92. The molecule has 1 unspecified atom stereocenters. The summed E-state index contributed by atoms with van der Waals surface area (Å²) in [6, 6.07) is 5.42. The Morgan fingerprint density at radius 3 is 2.80 bits per heavy atom. The number of nitrogens with zero attached hydrogens (tertiary/aromatic N) is 1. The van der Waals surface area contributed by atoms with Crippen LogP contribution in [0.4, 0.5) is 11.4 Å². The Morgan fingerprint density at radius 2 is 2.15 bits per heavy atom. The lowest BCUT2D eigenvalue weighted by Crippen LogP contribution is -2.39. The summed E-state index contributed by atoms with van der Waals surface area (Å²) < 4.78 is 25.0. The van der Waals surface area contributed by atoms with Crippen LogP contribution in [0.3, 0.4) is 0 Å². The van der Waals surface area contributed by atoms with Gasteiger partial charge >= 0.3 is 0 Å². The summed E-state index contributed by atoms with van der Waals surface area (Å²) in [7, 11) is -1.18. The number of anilines is 2. The summed E-state index contributed by atoms with van der Waals surface area (Å²) in [4.78, 5) is 2.27. The number of likely N-dealkylation sites (N-methyl/N-ethyl adjacent to an activating group) is 1. The van der Waals surface area contributed by atoms with E-state index in [1.54, 1.807) is 18.2 Å². The van der Waals surface area contributed by atoms with Crippen molar-refractivity contribution in [1.82, 2.24) is 4.90 Å². The quantitative estimate of drug-likeness (QED) is 0.894. The van der Waals surface area contributed by atoms with Gasteiger partial charge in [-0.3, -0.25) is 4.72 Å². The van der Waals surface area contributed by atoms with E-state index in [2.05, 4.69) is 22.0 Å². The van der Waals surface area contributed by atoms with E-state index in [-0.39, 0.29) is 0 Å². The largest absolute Gasteiger partial charge is 0.380 e. The van der Waals surface area contributed by atoms with Crippen molar-refractivity contribution in [3.63, 3.8) is 0 Å². The van der Waals surface area contributed by atoms with E-state index in [4.69, 9.17) is 11.6 Å². The van der Waals surface area contributed by atoms with Crippen LogP contribution in [0, 0.1) is 0 Å². The van der Waals surface area contributed by atoms with E-state index in [9.17, 15) is 8.42 Å². The lowest BCUT2D eigenvalue weighted by molar-refractivity contribution is 0.261. The first-order chi connectivity index (χ1) is 9.33. The zero-order valence-corrected chi connectivity index (χ0v) is 13.3. The molecule has 1 fully saturated rings. The number of likely N-dealkylation sites (tertiary alicyclic amines) is 1. The minimum absolute atomic E-state index is 0.333. The molecule has 1 saturated heterocycles. The molecule has 20 heavy (non-hydrogen) atoms. The first-order valence-corrected chi connectivity index (χ1v) is 8.83. The van der Waals surface area contributed by atoms with Gasteiger partial charge in [0.25, 0.3) is 0 Å². The summed E-state index contributed by atoms with van der Waals surface area (Å²) in [6.07, 6.45) is 3.36. The maximum atomic E-state index is 11.3. The maximum Gasteiger partial charge on any atom is 0.229 e. The van der Waals surface area contributed by atoms with E-state index in [0.29, 0.717) is 16.8 Å².